The van der Waals surface area contributed by atoms with E-state index in [1.165, 1.54) is 18.4 Å². The highest BCUT2D eigenvalue weighted by molar-refractivity contribution is 5.92. The second-order valence-electron chi connectivity index (χ2n) is 9.11. The molecule has 4 rings (SSSR count). The third kappa shape index (κ3) is 6.16. The van der Waals surface area contributed by atoms with Gasteiger partial charge >= 0.3 is 0 Å². The Kier molecular flexibility index (Phi) is 7.53. The number of anilines is 1. The van der Waals surface area contributed by atoms with Gasteiger partial charge in [0.15, 0.2) is 0 Å². The van der Waals surface area contributed by atoms with E-state index >= 15 is 0 Å². The number of carbonyl (C=O) groups is 2. The van der Waals surface area contributed by atoms with E-state index in [9.17, 15) is 9.59 Å². The van der Waals surface area contributed by atoms with Crippen molar-refractivity contribution in [3.8, 4) is 0 Å². The van der Waals surface area contributed by atoms with E-state index in [1.807, 2.05) is 40.3 Å². The molecule has 2 aromatic rings. The second-order valence-corrected chi connectivity index (χ2v) is 9.11. The second kappa shape index (κ2) is 10.7. The molecule has 1 aliphatic heterocycles. The van der Waals surface area contributed by atoms with Gasteiger partial charge in [-0.25, -0.2) is 0 Å². The minimum Gasteiger partial charge on any atom is -0.338 e. The lowest BCUT2D eigenvalue weighted by atomic mass is 10.1. The van der Waals surface area contributed by atoms with Gasteiger partial charge in [0.25, 0.3) is 0 Å². The maximum absolute atomic E-state index is 13.1. The molecule has 1 saturated carbocycles. The van der Waals surface area contributed by atoms with Gasteiger partial charge in [-0.2, -0.15) is 0 Å². The number of fused-ring (bicyclic) bond motifs is 1. The average Bonchev–Trinajstić information content (AvgIpc) is 3.60. The number of hydrogen-bond donors (Lipinski definition) is 0. The Hall–Kier alpha value is -2.73. The summed E-state index contributed by atoms with van der Waals surface area (Å²) in [6.45, 7) is 6.26. The maximum atomic E-state index is 13.1. The number of carbonyl (C=O) groups excluding carboxylic acids is 2. The molecule has 0 saturated heterocycles. The van der Waals surface area contributed by atoms with E-state index in [0.717, 1.165) is 50.3 Å². The van der Waals surface area contributed by atoms with E-state index in [-0.39, 0.29) is 11.8 Å². The van der Waals surface area contributed by atoms with Crippen molar-refractivity contribution in [2.24, 2.45) is 5.92 Å². The van der Waals surface area contributed by atoms with Crippen LogP contribution in [0, 0.1) is 5.92 Å². The van der Waals surface area contributed by atoms with Gasteiger partial charge in [-0.05, 0) is 54.9 Å². The van der Waals surface area contributed by atoms with Gasteiger partial charge in [-0.1, -0.05) is 24.3 Å². The fourth-order valence-electron chi connectivity index (χ4n) is 4.51. The smallest absolute Gasteiger partial charge is 0.223 e. The van der Waals surface area contributed by atoms with Crippen molar-refractivity contribution in [2.45, 2.75) is 52.1 Å². The van der Waals surface area contributed by atoms with Gasteiger partial charge in [0.05, 0.1) is 0 Å². The quantitative estimate of drug-likeness (QED) is 0.733. The molecule has 170 valence electrons. The normalized spacial score (nSPS) is 18.4. The van der Waals surface area contributed by atoms with Crippen LogP contribution in [0.25, 0.3) is 0 Å². The highest BCUT2D eigenvalue weighted by Crippen LogP contribution is 2.33. The molecule has 32 heavy (non-hydrogen) atoms. The Morgan fingerprint density at radius 1 is 1.00 bits per heavy atom. The van der Waals surface area contributed by atoms with Crippen LogP contribution in [0.1, 0.15) is 50.2 Å². The minimum absolute atomic E-state index is 0.0455. The lowest BCUT2D eigenvalue weighted by Crippen LogP contribution is -2.38. The predicted octanol–water partition coefficient (Wildman–Crippen LogP) is 3.86. The summed E-state index contributed by atoms with van der Waals surface area (Å²) < 4.78 is 0. The summed E-state index contributed by atoms with van der Waals surface area (Å²) in [5, 5.41) is 0. The first kappa shape index (κ1) is 22.5. The summed E-state index contributed by atoms with van der Waals surface area (Å²) >= 11 is 0. The number of amides is 2. The monoisotopic (exact) mass is 434 g/mol. The molecule has 1 aromatic carbocycles. The van der Waals surface area contributed by atoms with Gasteiger partial charge in [0.2, 0.25) is 11.8 Å². The molecule has 6 heteroatoms. The number of nitrogens with zero attached hydrogens (tertiary/aromatic N) is 4. The number of pyridine rings is 1. The molecule has 0 unspecified atom stereocenters. The number of benzene rings is 1. The van der Waals surface area contributed by atoms with Crippen LogP contribution in [0.3, 0.4) is 0 Å². The molecular formula is C26H34N4O2. The number of rotatable bonds is 4. The average molecular weight is 435 g/mol. The van der Waals surface area contributed by atoms with Crippen molar-refractivity contribution in [3.05, 3.63) is 59.9 Å². The van der Waals surface area contributed by atoms with E-state index in [0.29, 0.717) is 25.4 Å². The molecule has 2 amide bonds. The molecule has 2 aliphatic rings. The summed E-state index contributed by atoms with van der Waals surface area (Å²) in [5.74, 6) is 0.853. The van der Waals surface area contributed by atoms with E-state index < -0.39 is 0 Å². The highest BCUT2D eigenvalue weighted by Gasteiger charge is 2.28. The van der Waals surface area contributed by atoms with Crippen LogP contribution in [0.15, 0.2) is 48.8 Å². The Morgan fingerprint density at radius 2 is 1.78 bits per heavy atom. The van der Waals surface area contributed by atoms with Crippen LogP contribution < -0.4 is 4.90 Å². The van der Waals surface area contributed by atoms with Gasteiger partial charge < -0.3 is 9.80 Å². The molecule has 0 bridgehead atoms. The minimum atomic E-state index is 0.0455. The van der Waals surface area contributed by atoms with Crippen LogP contribution in [0.4, 0.5) is 5.69 Å². The molecule has 0 N–H and O–H groups in total. The topological polar surface area (TPSA) is 56.8 Å². The van der Waals surface area contributed by atoms with Crippen LogP contribution in [0.2, 0.25) is 0 Å². The summed E-state index contributed by atoms with van der Waals surface area (Å²) in [6, 6.07) is 12.1. The molecule has 1 fully saturated rings. The zero-order valence-corrected chi connectivity index (χ0v) is 19.1. The van der Waals surface area contributed by atoms with Crippen molar-refractivity contribution < 1.29 is 9.59 Å². The summed E-state index contributed by atoms with van der Waals surface area (Å²) in [6.07, 6.45) is 8.55. The fourth-order valence-corrected chi connectivity index (χ4v) is 4.51. The maximum Gasteiger partial charge on any atom is 0.223 e. The Bertz CT molecular complexity index is 913. The van der Waals surface area contributed by atoms with Gasteiger partial charge in [-0.15, -0.1) is 0 Å². The van der Waals surface area contributed by atoms with Crippen molar-refractivity contribution >= 4 is 17.5 Å². The lowest BCUT2D eigenvalue weighted by Gasteiger charge is -2.31. The SMILES string of the molecule is CC(=O)N1CCCN(Cc2cccnc2)CCCN(C(=O)CC2CC2)Cc2ccccc21. The zero-order chi connectivity index (χ0) is 22.3. The van der Waals surface area contributed by atoms with Gasteiger partial charge in [0.1, 0.15) is 0 Å². The van der Waals surface area contributed by atoms with Crippen molar-refractivity contribution in [2.75, 3.05) is 31.1 Å². The third-order valence-corrected chi connectivity index (χ3v) is 6.42. The Morgan fingerprint density at radius 3 is 2.50 bits per heavy atom. The zero-order valence-electron chi connectivity index (χ0n) is 19.1. The molecule has 2 heterocycles. The van der Waals surface area contributed by atoms with Crippen LogP contribution in [-0.4, -0.2) is 52.8 Å². The van der Waals surface area contributed by atoms with Crippen LogP contribution in [0.5, 0.6) is 0 Å². The molecule has 0 spiro atoms. The first-order chi connectivity index (χ1) is 15.6. The lowest BCUT2D eigenvalue weighted by molar-refractivity contribution is -0.132. The molecule has 1 aliphatic carbocycles. The molecule has 6 nitrogen and oxygen atoms in total. The molecule has 0 radical (unpaired) electrons. The largest absolute Gasteiger partial charge is 0.338 e. The highest BCUT2D eigenvalue weighted by atomic mass is 16.2. The number of hydrogen-bond acceptors (Lipinski definition) is 4. The van der Waals surface area contributed by atoms with Crippen molar-refractivity contribution in [3.63, 3.8) is 0 Å². The van der Waals surface area contributed by atoms with Gasteiger partial charge in [-0.3, -0.25) is 19.5 Å². The Labute approximate surface area is 191 Å². The summed E-state index contributed by atoms with van der Waals surface area (Å²) in [5.41, 5.74) is 3.18. The molecule has 0 atom stereocenters. The van der Waals surface area contributed by atoms with E-state index in [2.05, 4.69) is 22.0 Å². The van der Waals surface area contributed by atoms with E-state index in [1.54, 1.807) is 13.1 Å². The standard InChI is InChI=1S/C26H34N4O2/c1-21(31)30-16-6-14-28(19-23-7-4-12-27-18-23)13-5-15-29(26(32)17-22-10-11-22)20-24-8-2-3-9-25(24)30/h2-4,7-9,12,18,22H,5-6,10-11,13-17,19-20H2,1H3. The molecule has 1 aromatic heterocycles. The predicted molar refractivity (Wildman–Crippen MR) is 126 cm³/mol. The van der Waals surface area contributed by atoms with E-state index in [4.69, 9.17) is 0 Å². The van der Waals surface area contributed by atoms with Crippen molar-refractivity contribution in [1.82, 2.24) is 14.8 Å². The first-order valence-corrected chi connectivity index (χ1v) is 11.8. The van der Waals surface area contributed by atoms with Gasteiger partial charge in [0, 0.05) is 70.7 Å². The molecular weight excluding hydrogens is 400 g/mol. The van der Waals surface area contributed by atoms with Crippen LogP contribution in [-0.2, 0) is 22.7 Å². The first-order valence-electron chi connectivity index (χ1n) is 11.8. The summed E-state index contributed by atoms with van der Waals surface area (Å²) in [4.78, 5) is 36.2. The Balaban J connectivity index is 1.56. The number of para-hydroxylation sites is 1. The third-order valence-electron chi connectivity index (χ3n) is 6.42. The van der Waals surface area contributed by atoms with Crippen molar-refractivity contribution in [1.29, 1.82) is 0 Å². The fraction of sp³-hybridized carbons (Fsp3) is 0.500. The van der Waals surface area contributed by atoms with Crippen LogP contribution >= 0.6 is 0 Å². The summed E-state index contributed by atoms with van der Waals surface area (Å²) in [7, 11) is 0. The number of aromatic nitrogens is 1.